The molecule has 2 heterocycles. The number of rotatable bonds is 7. The number of pyridine rings is 1. The first-order chi connectivity index (χ1) is 15.1. The second kappa shape index (κ2) is 8.55. The van der Waals surface area contributed by atoms with Gasteiger partial charge in [-0.3, -0.25) is 14.6 Å². The second-order valence-corrected chi connectivity index (χ2v) is 11.0. The minimum atomic E-state index is -3.90. The van der Waals surface area contributed by atoms with Crippen LogP contribution in [0.1, 0.15) is 28.8 Å². The molecule has 11 heteroatoms. The van der Waals surface area contributed by atoms with Crippen molar-refractivity contribution in [2.45, 2.75) is 31.1 Å². The summed E-state index contributed by atoms with van der Waals surface area (Å²) >= 11 is 0.933. The molecule has 2 amide bonds. The largest absolute Gasteiger partial charge is 0.352 e. The average molecular weight is 477 g/mol. The van der Waals surface area contributed by atoms with Crippen LogP contribution in [0.3, 0.4) is 0 Å². The van der Waals surface area contributed by atoms with Crippen molar-refractivity contribution < 1.29 is 22.4 Å². The highest BCUT2D eigenvalue weighted by Crippen LogP contribution is 2.34. The van der Waals surface area contributed by atoms with Crippen molar-refractivity contribution in [3.05, 3.63) is 47.0 Å². The molecule has 1 saturated carbocycles. The lowest BCUT2D eigenvalue weighted by Gasteiger charge is -2.12. The Hall–Kier alpha value is -2.92. The summed E-state index contributed by atoms with van der Waals surface area (Å²) in [5, 5.41) is 3.52. The molecule has 4 rings (SSSR count). The summed E-state index contributed by atoms with van der Waals surface area (Å²) in [6, 6.07) is 6.34. The van der Waals surface area contributed by atoms with E-state index < -0.39 is 26.8 Å². The van der Waals surface area contributed by atoms with Crippen molar-refractivity contribution in [3.8, 4) is 11.1 Å². The minimum absolute atomic E-state index is 0.0186. The summed E-state index contributed by atoms with van der Waals surface area (Å²) in [5.41, 5.74) is 2.02. The maximum absolute atomic E-state index is 14.8. The predicted molar refractivity (Wildman–Crippen MR) is 119 cm³/mol. The van der Waals surface area contributed by atoms with Gasteiger partial charge < -0.3 is 10.6 Å². The molecule has 1 aromatic carbocycles. The number of hydrogen-bond donors (Lipinski definition) is 2. The SMILES string of the molecule is Cc1cc(-c2cc3nc(C(C(=O)NCC(=O)NC4CC4)S(C)(=O)=O)sc3cc2F)ccn1. The Bertz CT molecular complexity index is 1320. The standard InChI is InChI=1S/C21H21FN4O4S2/c1-11-7-12(5-6-23-11)14-8-16-17(9-15(14)22)31-21(26-16)19(32(2,29)30)20(28)24-10-18(27)25-13-3-4-13/h5-9,13,19H,3-4,10H2,1-2H3,(H,24,28)(H,25,27). The van der Waals surface area contributed by atoms with E-state index in [1.54, 1.807) is 25.3 Å². The van der Waals surface area contributed by atoms with Gasteiger partial charge in [-0.05, 0) is 49.6 Å². The van der Waals surface area contributed by atoms with Crippen LogP contribution in [0.2, 0.25) is 0 Å². The number of carbonyl (C=O) groups excluding carboxylic acids is 2. The first-order valence-electron chi connectivity index (χ1n) is 9.91. The molecule has 8 nitrogen and oxygen atoms in total. The molecular weight excluding hydrogens is 455 g/mol. The van der Waals surface area contributed by atoms with Gasteiger partial charge in [0.1, 0.15) is 10.8 Å². The van der Waals surface area contributed by atoms with E-state index in [0.717, 1.165) is 36.1 Å². The van der Waals surface area contributed by atoms with E-state index in [4.69, 9.17) is 0 Å². The van der Waals surface area contributed by atoms with Crippen LogP contribution in [-0.4, -0.2) is 49.0 Å². The van der Waals surface area contributed by atoms with E-state index in [2.05, 4.69) is 20.6 Å². The number of halogens is 1. The molecule has 3 aromatic rings. The molecule has 1 unspecified atom stereocenters. The van der Waals surface area contributed by atoms with E-state index in [9.17, 15) is 22.4 Å². The van der Waals surface area contributed by atoms with Gasteiger partial charge in [-0.25, -0.2) is 17.8 Å². The first-order valence-corrected chi connectivity index (χ1v) is 12.7. The van der Waals surface area contributed by atoms with Crippen LogP contribution in [0.15, 0.2) is 30.5 Å². The smallest absolute Gasteiger partial charge is 0.245 e. The third-order valence-corrected chi connectivity index (χ3v) is 7.48. The molecule has 1 aliphatic rings. The summed E-state index contributed by atoms with van der Waals surface area (Å²) in [7, 11) is -3.90. The summed E-state index contributed by atoms with van der Waals surface area (Å²) < 4.78 is 40.0. The van der Waals surface area contributed by atoms with Crippen LogP contribution in [0.5, 0.6) is 0 Å². The van der Waals surface area contributed by atoms with Gasteiger partial charge in [0.05, 0.1) is 16.8 Å². The van der Waals surface area contributed by atoms with Crippen LogP contribution in [0.25, 0.3) is 21.3 Å². The van der Waals surface area contributed by atoms with E-state index in [0.29, 0.717) is 21.3 Å². The van der Waals surface area contributed by atoms with E-state index >= 15 is 0 Å². The second-order valence-electron chi connectivity index (χ2n) is 7.81. The maximum Gasteiger partial charge on any atom is 0.245 e. The molecule has 168 valence electrons. The van der Waals surface area contributed by atoms with Crippen LogP contribution in [-0.2, 0) is 19.4 Å². The van der Waals surface area contributed by atoms with Gasteiger partial charge in [-0.2, -0.15) is 0 Å². The Balaban J connectivity index is 1.64. The lowest BCUT2D eigenvalue weighted by molar-refractivity contribution is -0.126. The summed E-state index contributed by atoms with van der Waals surface area (Å²) in [5.74, 6) is -1.71. The molecule has 0 spiro atoms. The molecule has 2 N–H and O–H groups in total. The topological polar surface area (TPSA) is 118 Å². The fourth-order valence-electron chi connectivity index (χ4n) is 3.27. The van der Waals surface area contributed by atoms with Gasteiger partial charge in [0.25, 0.3) is 0 Å². The van der Waals surface area contributed by atoms with Gasteiger partial charge in [0, 0.05) is 29.8 Å². The number of fused-ring (bicyclic) bond motifs is 1. The van der Waals surface area contributed by atoms with Crippen LogP contribution in [0.4, 0.5) is 4.39 Å². The Morgan fingerprint density at radius 2 is 2.03 bits per heavy atom. The minimum Gasteiger partial charge on any atom is -0.352 e. The Morgan fingerprint density at radius 3 is 2.69 bits per heavy atom. The zero-order valence-corrected chi connectivity index (χ0v) is 19.0. The number of aryl methyl sites for hydroxylation is 1. The lowest BCUT2D eigenvalue weighted by atomic mass is 10.1. The zero-order valence-electron chi connectivity index (χ0n) is 17.4. The molecule has 0 aliphatic heterocycles. The van der Waals surface area contributed by atoms with Gasteiger partial charge >= 0.3 is 0 Å². The normalized spacial score (nSPS) is 14.8. The van der Waals surface area contributed by atoms with Gasteiger partial charge in [0.2, 0.25) is 11.8 Å². The lowest BCUT2D eigenvalue weighted by Crippen LogP contribution is -2.41. The highest BCUT2D eigenvalue weighted by atomic mass is 32.2. The molecule has 1 atom stereocenters. The third kappa shape index (κ3) is 4.94. The summed E-state index contributed by atoms with van der Waals surface area (Å²) in [4.78, 5) is 33.0. The number of nitrogens with zero attached hydrogens (tertiary/aromatic N) is 2. The van der Waals surface area contributed by atoms with Crippen molar-refractivity contribution in [3.63, 3.8) is 0 Å². The molecule has 0 bridgehead atoms. The van der Waals surface area contributed by atoms with Crippen LogP contribution >= 0.6 is 11.3 Å². The van der Waals surface area contributed by atoms with Crippen molar-refractivity contribution in [1.29, 1.82) is 0 Å². The van der Waals surface area contributed by atoms with Crippen molar-refractivity contribution in [1.82, 2.24) is 20.6 Å². The quantitative estimate of drug-likeness (QED) is 0.540. The fraction of sp³-hybridized carbons (Fsp3) is 0.333. The Kier molecular flexibility index (Phi) is 5.95. The highest BCUT2D eigenvalue weighted by molar-refractivity contribution is 7.91. The number of hydrogen-bond acceptors (Lipinski definition) is 7. The fourth-order valence-corrected chi connectivity index (χ4v) is 5.78. The zero-order chi connectivity index (χ0) is 23.0. The highest BCUT2D eigenvalue weighted by Gasteiger charge is 2.34. The summed E-state index contributed by atoms with van der Waals surface area (Å²) in [6.45, 7) is 1.47. The summed E-state index contributed by atoms with van der Waals surface area (Å²) in [6.07, 6.45) is 4.30. The van der Waals surface area contributed by atoms with Crippen molar-refractivity contribution in [2.24, 2.45) is 0 Å². The van der Waals surface area contributed by atoms with Crippen LogP contribution in [0, 0.1) is 12.7 Å². The molecule has 0 radical (unpaired) electrons. The third-order valence-electron chi connectivity index (χ3n) is 4.96. The predicted octanol–water partition coefficient (Wildman–Crippen LogP) is 2.29. The molecule has 2 aromatic heterocycles. The monoisotopic (exact) mass is 476 g/mol. The molecule has 0 saturated heterocycles. The number of aromatic nitrogens is 2. The van der Waals surface area contributed by atoms with E-state index in [-0.39, 0.29) is 23.5 Å². The Morgan fingerprint density at radius 1 is 1.28 bits per heavy atom. The molecule has 1 aliphatic carbocycles. The molecule has 1 fully saturated rings. The number of benzene rings is 1. The first kappa shape index (κ1) is 22.3. The van der Waals surface area contributed by atoms with Crippen LogP contribution < -0.4 is 10.6 Å². The number of thiazole rings is 1. The molecule has 32 heavy (non-hydrogen) atoms. The van der Waals surface area contributed by atoms with Crippen molar-refractivity contribution in [2.75, 3.05) is 12.8 Å². The van der Waals surface area contributed by atoms with E-state index in [1.807, 2.05) is 0 Å². The van der Waals surface area contributed by atoms with Crippen molar-refractivity contribution >= 4 is 43.2 Å². The number of sulfone groups is 1. The van der Waals surface area contributed by atoms with Gasteiger partial charge in [-0.15, -0.1) is 11.3 Å². The van der Waals surface area contributed by atoms with Gasteiger partial charge in [-0.1, -0.05) is 0 Å². The van der Waals surface area contributed by atoms with E-state index in [1.165, 1.54) is 12.1 Å². The number of nitrogens with one attached hydrogen (secondary N) is 2. The Labute approximate surface area is 188 Å². The average Bonchev–Trinajstić information content (AvgIpc) is 3.42. The molecular formula is C21H21FN4O4S2. The maximum atomic E-state index is 14.8. The van der Waals surface area contributed by atoms with Gasteiger partial charge in [0.15, 0.2) is 15.1 Å². The number of carbonyl (C=O) groups is 2. The number of amides is 2.